The molecular formula is C20H25F2N3O3. The average Bonchev–Trinajstić information content (AvgIpc) is 3.10. The SMILES string of the molecule is CC(C)Cc1nc(CCOC2CCCN(C(=O)c3ccc(F)c(F)c3)C2)no1. The standard InChI is InChI=1S/C20H25F2N3O3/c1-13(2)10-19-23-18(24-28-19)7-9-27-15-4-3-8-25(12-15)20(26)14-5-6-16(21)17(22)11-14/h5-6,11,13,15H,3-4,7-10,12H2,1-2H3. The third-order valence-electron chi connectivity index (χ3n) is 4.60. The van der Waals surface area contributed by atoms with Crippen molar-refractivity contribution in [2.75, 3.05) is 19.7 Å². The number of halogens is 2. The van der Waals surface area contributed by atoms with Gasteiger partial charge in [0.25, 0.3) is 5.91 Å². The highest BCUT2D eigenvalue weighted by Gasteiger charge is 2.25. The van der Waals surface area contributed by atoms with Gasteiger partial charge in [0.2, 0.25) is 5.89 Å². The zero-order valence-corrected chi connectivity index (χ0v) is 16.2. The molecule has 152 valence electrons. The normalized spacial score (nSPS) is 17.3. The number of amides is 1. The van der Waals surface area contributed by atoms with Crippen LogP contribution in [0.4, 0.5) is 8.78 Å². The molecule has 1 atom stereocenters. The predicted molar refractivity (Wildman–Crippen MR) is 97.8 cm³/mol. The number of carbonyl (C=O) groups is 1. The molecule has 8 heteroatoms. The molecule has 1 aliphatic heterocycles. The number of benzene rings is 1. The van der Waals surface area contributed by atoms with Crippen molar-refractivity contribution in [1.82, 2.24) is 15.0 Å². The molecule has 1 saturated heterocycles. The molecule has 3 rings (SSSR count). The van der Waals surface area contributed by atoms with Gasteiger partial charge in [-0.2, -0.15) is 4.98 Å². The van der Waals surface area contributed by atoms with Crippen LogP contribution in [0.5, 0.6) is 0 Å². The Bertz CT molecular complexity index is 810. The van der Waals surface area contributed by atoms with E-state index in [1.54, 1.807) is 4.90 Å². The highest BCUT2D eigenvalue weighted by molar-refractivity contribution is 5.94. The van der Waals surface area contributed by atoms with E-state index >= 15 is 0 Å². The van der Waals surface area contributed by atoms with E-state index in [9.17, 15) is 13.6 Å². The van der Waals surface area contributed by atoms with Gasteiger partial charge in [0.1, 0.15) is 0 Å². The Labute approximate surface area is 162 Å². The predicted octanol–water partition coefficient (Wildman–Crippen LogP) is 3.41. The van der Waals surface area contributed by atoms with Gasteiger partial charge in [-0.15, -0.1) is 0 Å². The first-order valence-electron chi connectivity index (χ1n) is 9.59. The molecule has 0 saturated carbocycles. The first-order chi connectivity index (χ1) is 13.4. The van der Waals surface area contributed by atoms with Crippen LogP contribution < -0.4 is 0 Å². The van der Waals surface area contributed by atoms with Crippen molar-refractivity contribution in [2.45, 2.75) is 45.6 Å². The van der Waals surface area contributed by atoms with Crippen LogP contribution >= 0.6 is 0 Å². The Morgan fingerprint density at radius 2 is 2.18 bits per heavy atom. The van der Waals surface area contributed by atoms with E-state index in [0.29, 0.717) is 43.8 Å². The summed E-state index contributed by atoms with van der Waals surface area (Å²) in [5.41, 5.74) is 0.143. The van der Waals surface area contributed by atoms with Gasteiger partial charge < -0.3 is 14.2 Å². The van der Waals surface area contributed by atoms with Crippen LogP contribution in [0.25, 0.3) is 0 Å². The summed E-state index contributed by atoms with van der Waals surface area (Å²) in [6.07, 6.45) is 2.81. The monoisotopic (exact) mass is 393 g/mol. The summed E-state index contributed by atoms with van der Waals surface area (Å²) < 4.78 is 37.6. The van der Waals surface area contributed by atoms with Gasteiger partial charge in [-0.1, -0.05) is 19.0 Å². The molecule has 1 aromatic carbocycles. The number of hydrogen-bond donors (Lipinski definition) is 0. The van der Waals surface area contributed by atoms with E-state index in [2.05, 4.69) is 24.0 Å². The highest BCUT2D eigenvalue weighted by Crippen LogP contribution is 2.18. The van der Waals surface area contributed by atoms with Gasteiger partial charge in [-0.3, -0.25) is 4.79 Å². The maximum atomic E-state index is 13.4. The summed E-state index contributed by atoms with van der Waals surface area (Å²) in [4.78, 5) is 18.5. The first kappa shape index (κ1) is 20.4. The zero-order valence-electron chi connectivity index (χ0n) is 16.2. The van der Waals surface area contributed by atoms with E-state index in [0.717, 1.165) is 31.4 Å². The second-order valence-corrected chi connectivity index (χ2v) is 7.47. The number of ether oxygens (including phenoxy) is 1. The molecule has 0 N–H and O–H groups in total. The second-order valence-electron chi connectivity index (χ2n) is 7.47. The van der Waals surface area contributed by atoms with Crippen LogP contribution in [0.15, 0.2) is 22.7 Å². The molecule has 2 heterocycles. The van der Waals surface area contributed by atoms with Gasteiger partial charge in [0, 0.05) is 31.5 Å². The third kappa shape index (κ3) is 5.34. The third-order valence-corrected chi connectivity index (χ3v) is 4.60. The minimum absolute atomic E-state index is 0.106. The number of nitrogens with zero attached hydrogens (tertiary/aromatic N) is 3. The van der Waals surface area contributed by atoms with Gasteiger partial charge in [0.05, 0.1) is 12.7 Å². The van der Waals surface area contributed by atoms with E-state index in [1.165, 1.54) is 6.07 Å². The quantitative estimate of drug-likeness (QED) is 0.721. The molecule has 0 aliphatic carbocycles. The number of rotatable bonds is 7. The van der Waals surface area contributed by atoms with E-state index in [4.69, 9.17) is 9.26 Å². The van der Waals surface area contributed by atoms with Crippen molar-refractivity contribution in [3.63, 3.8) is 0 Å². The summed E-state index contributed by atoms with van der Waals surface area (Å²) in [6, 6.07) is 3.21. The Morgan fingerprint density at radius 3 is 2.93 bits per heavy atom. The lowest BCUT2D eigenvalue weighted by atomic mass is 10.1. The van der Waals surface area contributed by atoms with Crippen molar-refractivity contribution in [2.24, 2.45) is 5.92 Å². The Kier molecular flexibility index (Phi) is 6.72. The maximum Gasteiger partial charge on any atom is 0.254 e. The van der Waals surface area contributed by atoms with Crippen LogP contribution in [0.3, 0.4) is 0 Å². The highest BCUT2D eigenvalue weighted by atomic mass is 19.2. The fourth-order valence-corrected chi connectivity index (χ4v) is 3.21. The molecule has 1 amide bonds. The average molecular weight is 393 g/mol. The first-order valence-corrected chi connectivity index (χ1v) is 9.59. The summed E-state index contributed by atoms with van der Waals surface area (Å²) >= 11 is 0. The summed E-state index contributed by atoms with van der Waals surface area (Å²) in [7, 11) is 0. The number of likely N-dealkylation sites (tertiary alicyclic amines) is 1. The Hall–Kier alpha value is -2.35. The minimum Gasteiger partial charge on any atom is -0.376 e. The summed E-state index contributed by atoms with van der Waals surface area (Å²) in [6.45, 7) is 5.59. The molecule has 1 fully saturated rings. The van der Waals surface area contributed by atoms with Crippen molar-refractivity contribution in [3.05, 3.63) is 47.1 Å². The molecule has 1 aliphatic rings. The summed E-state index contributed by atoms with van der Waals surface area (Å²) in [5, 5.41) is 3.95. The van der Waals surface area contributed by atoms with Gasteiger partial charge in [-0.05, 0) is 37.0 Å². The van der Waals surface area contributed by atoms with Crippen LogP contribution in [0.2, 0.25) is 0 Å². The van der Waals surface area contributed by atoms with Crippen molar-refractivity contribution in [3.8, 4) is 0 Å². The van der Waals surface area contributed by atoms with E-state index in [1.807, 2.05) is 0 Å². The number of hydrogen-bond acceptors (Lipinski definition) is 5. The largest absolute Gasteiger partial charge is 0.376 e. The molecular weight excluding hydrogens is 368 g/mol. The fraction of sp³-hybridized carbons (Fsp3) is 0.550. The molecule has 1 unspecified atom stereocenters. The molecule has 0 bridgehead atoms. The lowest BCUT2D eigenvalue weighted by Gasteiger charge is -2.32. The lowest BCUT2D eigenvalue weighted by Crippen LogP contribution is -2.43. The minimum atomic E-state index is -1.02. The zero-order chi connectivity index (χ0) is 20.1. The Morgan fingerprint density at radius 1 is 1.36 bits per heavy atom. The van der Waals surface area contributed by atoms with Crippen LogP contribution in [0, 0.1) is 17.6 Å². The summed E-state index contributed by atoms with van der Waals surface area (Å²) in [5.74, 6) is -0.609. The number of piperidine rings is 1. The fourth-order valence-electron chi connectivity index (χ4n) is 3.21. The van der Waals surface area contributed by atoms with Crippen LogP contribution in [-0.4, -0.2) is 46.7 Å². The maximum absolute atomic E-state index is 13.4. The van der Waals surface area contributed by atoms with E-state index in [-0.39, 0.29) is 17.6 Å². The molecule has 0 spiro atoms. The van der Waals surface area contributed by atoms with Crippen molar-refractivity contribution >= 4 is 5.91 Å². The lowest BCUT2D eigenvalue weighted by molar-refractivity contribution is 0.00249. The number of carbonyl (C=O) groups excluding carboxylic acids is 1. The topological polar surface area (TPSA) is 68.5 Å². The van der Waals surface area contributed by atoms with Crippen LogP contribution in [-0.2, 0) is 17.6 Å². The van der Waals surface area contributed by atoms with Gasteiger partial charge in [-0.25, -0.2) is 8.78 Å². The Balaban J connectivity index is 1.48. The smallest absolute Gasteiger partial charge is 0.254 e. The molecule has 2 aromatic rings. The van der Waals surface area contributed by atoms with Gasteiger partial charge in [0.15, 0.2) is 17.5 Å². The number of aromatic nitrogens is 2. The molecule has 6 nitrogen and oxygen atoms in total. The molecule has 28 heavy (non-hydrogen) atoms. The van der Waals surface area contributed by atoms with Gasteiger partial charge >= 0.3 is 0 Å². The van der Waals surface area contributed by atoms with Crippen molar-refractivity contribution < 1.29 is 22.8 Å². The van der Waals surface area contributed by atoms with Crippen LogP contribution in [0.1, 0.15) is 48.8 Å². The van der Waals surface area contributed by atoms with Crippen molar-refractivity contribution in [1.29, 1.82) is 0 Å². The second kappa shape index (κ2) is 9.23. The van der Waals surface area contributed by atoms with E-state index < -0.39 is 11.6 Å². The molecule has 0 radical (unpaired) electrons. The molecule has 1 aromatic heterocycles.